The molecule has 1 spiro atoms. The highest BCUT2D eigenvalue weighted by molar-refractivity contribution is 9.10. The number of ether oxygens (including phenoxy) is 2. The maximum absolute atomic E-state index is 12.1. The lowest BCUT2D eigenvalue weighted by atomic mass is 9.69. The van der Waals surface area contributed by atoms with Crippen molar-refractivity contribution in [3.63, 3.8) is 0 Å². The molecule has 0 atom stereocenters. The summed E-state index contributed by atoms with van der Waals surface area (Å²) in [5.74, 6) is 0.404. The Kier molecular flexibility index (Phi) is 5.21. The molecule has 2 aliphatic rings. The first-order chi connectivity index (χ1) is 14.2. The van der Waals surface area contributed by atoms with E-state index < -0.39 is 5.79 Å². The summed E-state index contributed by atoms with van der Waals surface area (Å²) >= 11 is 7.08. The number of hydrogen-bond donors (Lipinski definition) is 0. The van der Waals surface area contributed by atoms with Gasteiger partial charge in [0.05, 0.1) is 0 Å². The minimum Gasteiger partial charge on any atom is -0.452 e. The lowest BCUT2D eigenvalue weighted by molar-refractivity contribution is -0.166. The van der Waals surface area contributed by atoms with E-state index in [2.05, 4.69) is 59.6 Å². The van der Waals surface area contributed by atoms with Crippen LogP contribution in [0.5, 0.6) is 11.5 Å². The molecule has 0 unspecified atom stereocenters. The van der Waals surface area contributed by atoms with Gasteiger partial charge in [-0.3, -0.25) is 9.59 Å². The number of carbonyl (C=O) groups is 2. The summed E-state index contributed by atoms with van der Waals surface area (Å²) in [4.78, 5) is 24.3. The van der Waals surface area contributed by atoms with Gasteiger partial charge < -0.3 is 9.47 Å². The standard InChI is InChI=1S/C25H26Br2O4/c1-13(28)15-7-21-17(9-19(15)26)23(3,4)11-25(30-21)12-24(5,6)18-10-20(27)16(14(2)29)8-22(18)31-25/h7-10H,11-12H2,1-6H3. The number of fused-ring (bicyclic) bond motifs is 2. The zero-order valence-electron chi connectivity index (χ0n) is 18.6. The molecule has 0 radical (unpaired) electrons. The first-order valence-corrected chi connectivity index (χ1v) is 11.9. The maximum Gasteiger partial charge on any atom is 0.252 e. The molecule has 0 saturated heterocycles. The molecule has 31 heavy (non-hydrogen) atoms. The molecule has 2 heterocycles. The Balaban J connectivity index is 1.86. The molecule has 0 amide bonds. The van der Waals surface area contributed by atoms with Crippen LogP contribution in [0.4, 0.5) is 0 Å². The van der Waals surface area contributed by atoms with E-state index in [1.165, 1.54) is 0 Å². The van der Waals surface area contributed by atoms with Gasteiger partial charge in [0.15, 0.2) is 11.6 Å². The summed E-state index contributed by atoms with van der Waals surface area (Å²) in [6.07, 6.45) is 1.29. The average Bonchev–Trinajstić information content (AvgIpc) is 2.61. The number of hydrogen-bond acceptors (Lipinski definition) is 4. The Bertz CT molecular complexity index is 1040. The van der Waals surface area contributed by atoms with Gasteiger partial charge in [-0.25, -0.2) is 0 Å². The zero-order chi connectivity index (χ0) is 22.9. The van der Waals surface area contributed by atoms with Crippen LogP contribution in [0.25, 0.3) is 0 Å². The van der Waals surface area contributed by atoms with Crippen molar-refractivity contribution < 1.29 is 19.1 Å². The molecule has 2 aromatic carbocycles. The molecule has 6 heteroatoms. The predicted octanol–water partition coefficient (Wildman–Crippen LogP) is 7.13. The number of carbonyl (C=O) groups excluding carboxylic acids is 2. The Morgan fingerprint density at radius 2 is 1.10 bits per heavy atom. The largest absolute Gasteiger partial charge is 0.452 e. The Hall–Kier alpha value is -1.66. The highest BCUT2D eigenvalue weighted by Crippen LogP contribution is 2.54. The zero-order valence-corrected chi connectivity index (χ0v) is 21.8. The van der Waals surface area contributed by atoms with Crippen LogP contribution >= 0.6 is 31.9 Å². The van der Waals surface area contributed by atoms with Gasteiger partial charge in [-0.1, -0.05) is 59.6 Å². The lowest BCUT2D eigenvalue weighted by Crippen LogP contribution is -2.55. The first-order valence-electron chi connectivity index (χ1n) is 10.3. The summed E-state index contributed by atoms with van der Waals surface area (Å²) in [5.41, 5.74) is 2.79. The molecule has 4 nitrogen and oxygen atoms in total. The second-order valence-corrected chi connectivity index (χ2v) is 11.7. The Morgan fingerprint density at radius 1 is 0.742 bits per heavy atom. The minimum atomic E-state index is -0.892. The van der Waals surface area contributed by atoms with Gasteiger partial charge in [-0.2, -0.15) is 0 Å². The minimum absolute atomic E-state index is 0.0260. The van der Waals surface area contributed by atoms with Crippen molar-refractivity contribution in [1.82, 2.24) is 0 Å². The van der Waals surface area contributed by atoms with Crippen molar-refractivity contribution in [1.29, 1.82) is 0 Å². The molecule has 0 fully saturated rings. The van der Waals surface area contributed by atoms with Gasteiger partial charge in [0, 0.05) is 54.9 Å². The van der Waals surface area contributed by atoms with Crippen LogP contribution in [0.15, 0.2) is 33.2 Å². The smallest absolute Gasteiger partial charge is 0.252 e. The molecule has 0 bridgehead atoms. The van der Waals surface area contributed by atoms with Crippen LogP contribution in [-0.4, -0.2) is 17.4 Å². The number of ketones is 2. The molecular formula is C25H26Br2O4. The third-order valence-electron chi connectivity index (χ3n) is 6.37. The Labute approximate surface area is 200 Å². The van der Waals surface area contributed by atoms with E-state index in [-0.39, 0.29) is 22.4 Å². The number of Topliss-reactive ketones (excluding diaryl/α,β-unsaturated/α-hetero) is 2. The maximum atomic E-state index is 12.1. The lowest BCUT2D eigenvalue weighted by Gasteiger charge is -2.51. The van der Waals surface area contributed by atoms with Gasteiger partial charge in [0.1, 0.15) is 11.5 Å². The molecule has 0 N–H and O–H groups in total. The van der Waals surface area contributed by atoms with Crippen molar-refractivity contribution in [2.75, 3.05) is 0 Å². The number of rotatable bonds is 2. The molecule has 2 aromatic rings. The predicted molar refractivity (Wildman–Crippen MR) is 128 cm³/mol. The van der Waals surface area contributed by atoms with Gasteiger partial charge in [-0.05, 0) is 38.1 Å². The fourth-order valence-corrected chi connectivity index (χ4v) is 6.28. The summed E-state index contributed by atoms with van der Waals surface area (Å²) in [6.45, 7) is 11.8. The van der Waals surface area contributed by atoms with Crippen molar-refractivity contribution >= 4 is 43.4 Å². The SMILES string of the molecule is CC(=O)c1cc2c(cc1Br)C(C)(C)CC1(CC(C)(C)c3cc(Br)c(C(C)=O)cc3O1)O2. The van der Waals surface area contributed by atoms with E-state index in [4.69, 9.17) is 9.47 Å². The van der Waals surface area contributed by atoms with Crippen LogP contribution in [0.2, 0.25) is 0 Å². The van der Waals surface area contributed by atoms with Crippen LogP contribution in [0.3, 0.4) is 0 Å². The van der Waals surface area contributed by atoms with Crippen molar-refractivity contribution in [2.24, 2.45) is 0 Å². The third kappa shape index (κ3) is 3.76. The molecule has 2 aliphatic heterocycles. The highest BCUT2D eigenvalue weighted by Gasteiger charge is 2.53. The van der Waals surface area contributed by atoms with Crippen LogP contribution in [-0.2, 0) is 10.8 Å². The van der Waals surface area contributed by atoms with Crippen LogP contribution in [0.1, 0.15) is 86.2 Å². The normalized spacial score (nSPS) is 19.6. The third-order valence-corrected chi connectivity index (χ3v) is 7.68. The summed E-state index contributed by atoms with van der Waals surface area (Å²) in [6, 6.07) is 7.62. The topological polar surface area (TPSA) is 52.6 Å². The number of halogens is 2. The van der Waals surface area contributed by atoms with E-state index in [9.17, 15) is 9.59 Å². The molecule has 164 valence electrons. The highest BCUT2D eigenvalue weighted by atomic mass is 79.9. The molecule has 4 rings (SSSR count). The van der Waals surface area contributed by atoms with E-state index in [0.717, 1.165) is 20.1 Å². The van der Waals surface area contributed by atoms with Crippen LogP contribution < -0.4 is 9.47 Å². The van der Waals surface area contributed by atoms with E-state index in [1.807, 2.05) is 24.3 Å². The summed E-state index contributed by atoms with van der Waals surface area (Å²) in [5, 5.41) is 0. The van der Waals surface area contributed by atoms with Gasteiger partial charge >= 0.3 is 0 Å². The van der Waals surface area contributed by atoms with E-state index >= 15 is 0 Å². The fourth-order valence-electron chi connectivity index (χ4n) is 5.04. The van der Waals surface area contributed by atoms with Gasteiger partial charge in [0.2, 0.25) is 0 Å². The van der Waals surface area contributed by atoms with E-state index in [0.29, 0.717) is 35.5 Å². The van der Waals surface area contributed by atoms with Gasteiger partial charge in [0.25, 0.3) is 5.79 Å². The second kappa shape index (κ2) is 7.17. The quantitative estimate of drug-likeness (QED) is 0.374. The molecule has 0 aliphatic carbocycles. The van der Waals surface area contributed by atoms with Crippen molar-refractivity contribution in [3.8, 4) is 11.5 Å². The van der Waals surface area contributed by atoms with Gasteiger partial charge in [-0.15, -0.1) is 0 Å². The summed E-state index contributed by atoms with van der Waals surface area (Å²) < 4.78 is 14.7. The van der Waals surface area contributed by atoms with Crippen molar-refractivity contribution in [2.45, 2.75) is 71.0 Å². The first kappa shape index (κ1) is 22.5. The molecule has 0 aromatic heterocycles. The molecular weight excluding hydrogens is 524 g/mol. The number of benzene rings is 2. The van der Waals surface area contributed by atoms with Crippen LogP contribution in [0, 0.1) is 0 Å². The monoisotopic (exact) mass is 548 g/mol. The fraction of sp³-hybridized carbons (Fsp3) is 0.440. The summed E-state index contributed by atoms with van der Waals surface area (Å²) in [7, 11) is 0. The van der Waals surface area contributed by atoms with E-state index in [1.54, 1.807) is 13.8 Å². The second-order valence-electron chi connectivity index (χ2n) is 10.0. The average molecular weight is 550 g/mol. The van der Waals surface area contributed by atoms with Crippen molar-refractivity contribution in [3.05, 3.63) is 55.5 Å². The Morgan fingerprint density at radius 3 is 1.42 bits per heavy atom. The molecule has 0 saturated carbocycles.